The fourth-order valence-electron chi connectivity index (χ4n) is 1.34. The number of hydrogen-bond donors (Lipinski definition) is 0. The van der Waals surface area contributed by atoms with Gasteiger partial charge in [-0.3, -0.25) is 0 Å². The van der Waals surface area contributed by atoms with Crippen LogP contribution in [0.1, 0.15) is 0 Å². The van der Waals surface area contributed by atoms with Crippen molar-refractivity contribution in [3.8, 4) is 12.5 Å². The van der Waals surface area contributed by atoms with E-state index in [0.717, 1.165) is 16.5 Å². The van der Waals surface area contributed by atoms with Crippen molar-refractivity contribution >= 4 is 27.8 Å². The number of aromatic nitrogens is 1. The zero-order valence-corrected chi connectivity index (χ0v) is 11.1. The Bertz CT molecular complexity index is 592. The summed E-state index contributed by atoms with van der Waals surface area (Å²) in [5.74, 6) is 0. The van der Waals surface area contributed by atoms with Crippen LogP contribution >= 0.6 is 11.3 Å². The number of terminal acetylenes is 1. The predicted octanol–water partition coefficient (Wildman–Crippen LogP) is 3.01. The molecule has 0 fully saturated rings. The number of anilines is 1. The molecule has 18 heavy (non-hydrogen) atoms. The van der Waals surface area contributed by atoms with Crippen LogP contribution in [0.15, 0.2) is 46.1 Å². The third-order valence-corrected chi connectivity index (χ3v) is 3.28. The summed E-state index contributed by atoms with van der Waals surface area (Å²) in [5.41, 5.74) is 1.76. The Morgan fingerprint density at radius 3 is 2.56 bits per heavy atom. The van der Waals surface area contributed by atoms with Crippen LogP contribution in [0.25, 0.3) is 0 Å². The molecule has 1 heterocycles. The average molecular weight is 257 g/mol. The minimum absolute atomic E-state index is 0.803. The fraction of sp³-hybridized carbons (Fsp3) is 0.154. The third kappa shape index (κ3) is 2.73. The Morgan fingerprint density at radius 2 is 2.00 bits per heavy atom. The van der Waals surface area contributed by atoms with Crippen LogP contribution in [-0.4, -0.2) is 7.05 Å². The van der Waals surface area contributed by atoms with E-state index >= 15 is 0 Å². The molecular formula is C13H13N4S+. The van der Waals surface area contributed by atoms with Gasteiger partial charge in [0.25, 0.3) is 0 Å². The molecule has 0 bridgehead atoms. The van der Waals surface area contributed by atoms with E-state index < -0.39 is 0 Å². The van der Waals surface area contributed by atoms with E-state index in [4.69, 9.17) is 6.42 Å². The second-order valence-corrected chi connectivity index (χ2v) is 4.57. The maximum atomic E-state index is 5.31. The lowest BCUT2D eigenvalue weighted by atomic mass is 10.3. The zero-order chi connectivity index (χ0) is 13.0. The van der Waals surface area contributed by atoms with Gasteiger partial charge in [0.1, 0.15) is 11.9 Å². The molecule has 0 atom stereocenters. The van der Waals surface area contributed by atoms with E-state index in [-0.39, 0.29) is 0 Å². The highest BCUT2D eigenvalue weighted by Crippen LogP contribution is 2.21. The molecule has 5 heteroatoms. The van der Waals surface area contributed by atoms with Gasteiger partial charge in [0.05, 0.1) is 12.2 Å². The number of nitrogens with zero attached hydrogens (tertiary/aromatic N) is 4. The molecular weight excluding hydrogens is 244 g/mol. The quantitative estimate of drug-likeness (QED) is 0.360. The number of hydrogen-bond acceptors (Lipinski definition) is 4. The molecule has 1 aromatic heterocycles. The van der Waals surface area contributed by atoms with E-state index in [1.54, 1.807) is 16.2 Å². The lowest BCUT2D eigenvalue weighted by Gasteiger charge is -2.09. The molecule has 2 aromatic rings. The van der Waals surface area contributed by atoms with Crippen molar-refractivity contribution in [2.45, 2.75) is 0 Å². The number of thiazole rings is 1. The minimum Gasteiger partial charge on any atom is -0.305 e. The average Bonchev–Trinajstić information content (AvgIpc) is 2.81. The molecule has 0 amide bonds. The fourth-order valence-corrected chi connectivity index (χ4v) is 2.02. The number of azo groups is 1. The van der Waals surface area contributed by atoms with Gasteiger partial charge in [-0.1, -0.05) is 6.42 Å². The summed E-state index contributed by atoms with van der Waals surface area (Å²) < 4.78 is 1.93. The highest BCUT2D eigenvalue weighted by Gasteiger charge is 2.07. The van der Waals surface area contributed by atoms with Crippen LogP contribution < -0.4 is 9.47 Å². The Hall–Kier alpha value is -2.19. The Morgan fingerprint density at radius 1 is 1.28 bits per heavy atom. The first-order valence-corrected chi connectivity index (χ1v) is 6.23. The van der Waals surface area contributed by atoms with Crippen molar-refractivity contribution in [1.29, 1.82) is 0 Å². The van der Waals surface area contributed by atoms with Gasteiger partial charge in [-0.05, 0) is 40.7 Å². The summed E-state index contributed by atoms with van der Waals surface area (Å²) in [6, 6.07) is 10.2. The molecule has 0 saturated heterocycles. The van der Waals surface area contributed by atoms with Gasteiger partial charge < -0.3 is 4.90 Å². The second kappa shape index (κ2) is 5.43. The summed E-state index contributed by atoms with van der Waals surface area (Å²) in [5, 5.41) is 11.2. The van der Waals surface area contributed by atoms with Crippen molar-refractivity contribution in [3.05, 3.63) is 35.8 Å². The molecule has 0 aliphatic heterocycles. The Balaban J connectivity index is 2.14. The zero-order valence-electron chi connectivity index (χ0n) is 10.2. The van der Waals surface area contributed by atoms with E-state index in [1.807, 2.05) is 54.5 Å². The van der Waals surface area contributed by atoms with E-state index in [2.05, 4.69) is 16.3 Å². The molecule has 1 aromatic carbocycles. The van der Waals surface area contributed by atoms with Gasteiger partial charge in [0, 0.05) is 24.2 Å². The highest BCUT2D eigenvalue weighted by atomic mass is 32.1. The first-order chi connectivity index (χ1) is 8.70. The molecule has 0 saturated carbocycles. The van der Waals surface area contributed by atoms with E-state index in [9.17, 15) is 0 Å². The summed E-state index contributed by atoms with van der Waals surface area (Å²) in [7, 11) is 3.78. The van der Waals surface area contributed by atoms with Crippen molar-refractivity contribution in [2.24, 2.45) is 17.3 Å². The Kier molecular flexibility index (Phi) is 3.70. The van der Waals surface area contributed by atoms with Crippen LogP contribution in [0.2, 0.25) is 0 Å². The van der Waals surface area contributed by atoms with Crippen molar-refractivity contribution in [1.82, 2.24) is 0 Å². The van der Waals surface area contributed by atoms with Gasteiger partial charge in [0.2, 0.25) is 0 Å². The maximum absolute atomic E-state index is 5.31. The standard InChI is InChI=1S/C13H13N4S/c1-4-16(2)12-7-5-11(6-8-12)14-15-13-17(3)9-10-18-13/h1,5-10H,2-3H3/q+1. The Labute approximate surface area is 110 Å². The smallest absolute Gasteiger partial charge is 0.305 e. The largest absolute Gasteiger partial charge is 0.408 e. The minimum atomic E-state index is 0.803. The van der Waals surface area contributed by atoms with Crippen molar-refractivity contribution in [2.75, 3.05) is 11.9 Å². The van der Waals surface area contributed by atoms with E-state index in [0.29, 0.717) is 0 Å². The molecule has 0 aliphatic rings. The summed E-state index contributed by atoms with van der Waals surface area (Å²) in [6.07, 6.45) is 7.26. The maximum Gasteiger partial charge on any atom is 0.408 e. The number of aryl methyl sites for hydroxylation is 1. The van der Waals surface area contributed by atoms with Crippen molar-refractivity contribution in [3.63, 3.8) is 0 Å². The molecule has 90 valence electrons. The molecule has 0 N–H and O–H groups in total. The first kappa shape index (κ1) is 12.3. The second-order valence-electron chi connectivity index (χ2n) is 3.70. The highest BCUT2D eigenvalue weighted by molar-refractivity contribution is 7.12. The van der Waals surface area contributed by atoms with Gasteiger partial charge in [-0.2, -0.15) is 0 Å². The first-order valence-electron chi connectivity index (χ1n) is 5.35. The summed E-state index contributed by atoms with van der Waals surface area (Å²) in [4.78, 5) is 1.71. The normalized spacial score (nSPS) is 10.5. The SMILES string of the molecule is C#CN(C)c1ccc(/N=N/c2scc[n+]2C)cc1. The van der Waals surface area contributed by atoms with Crippen LogP contribution in [0.3, 0.4) is 0 Å². The molecule has 2 rings (SSSR count). The molecule has 0 radical (unpaired) electrons. The molecule has 0 aliphatic carbocycles. The topological polar surface area (TPSA) is 31.8 Å². The van der Waals surface area contributed by atoms with Gasteiger partial charge in [-0.25, -0.2) is 4.57 Å². The predicted molar refractivity (Wildman–Crippen MR) is 73.3 cm³/mol. The van der Waals surface area contributed by atoms with Crippen LogP contribution in [0.4, 0.5) is 16.5 Å². The molecule has 0 spiro atoms. The molecule has 4 nitrogen and oxygen atoms in total. The lowest BCUT2D eigenvalue weighted by Crippen LogP contribution is -2.23. The summed E-state index contributed by atoms with van der Waals surface area (Å²) >= 11 is 1.55. The summed E-state index contributed by atoms with van der Waals surface area (Å²) in [6.45, 7) is 0. The van der Waals surface area contributed by atoms with Gasteiger partial charge >= 0.3 is 5.13 Å². The van der Waals surface area contributed by atoms with Gasteiger partial charge in [-0.15, -0.1) is 0 Å². The number of rotatable bonds is 3. The van der Waals surface area contributed by atoms with Crippen LogP contribution in [0.5, 0.6) is 0 Å². The van der Waals surface area contributed by atoms with Crippen LogP contribution in [0, 0.1) is 12.5 Å². The molecule has 0 unspecified atom stereocenters. The lowest BCUT2D eigenvalue weighted by molar-refractivity contribution is -0.654. The van der Waals surface area contributed by atoms with Crippen molar-refractivity contribution < 1.29 is 4.57 Å². The van der Waals surface area contributed by atoms with E-state index in [1.165, 1.54) is 0 Å². The van der Waals surface area contributed by atoms with Crippen LogP contribution in [-0.2, 0) is 7.05 Å². The monoisotopic (exact) mass is 257 g/mol. The number of benzene rings is 1. The third-order valence-electron chi connectivity index (χ3n) is 2.44. The van der Waals surface area contributed by atoms with Gasteiger partial charge in [0.15, 0.2) is 0 Å².